The summed E-state index contributed by atoms with van der Waals surface area (Å²) in [4.78, 5) is 11.6. The molecule has 2 aromatic carbocycles. The number of furan rings is 1. The van der Waals surface area contributed by atoms with Crippen LogP contribution in [0.25, 0.3) is 22.3 Å². The van der Waals surface area contributed by atoms with Crippen molar-refractivity contribution < 1.29 is 23.4 Å². The number of fused-ring (bicyclic) bond motifs is 1. The molecular weight excluding hydrogens is 311 g/mol. The zero-order chi connectivity index (χ0) is 15.9. The van der Waals surface area contributed by atoms with E-state index in [4.69, 9.17) is 20.8 Å². The number of methoxy groups -OCH3 is 1. The number of aromatic carboxylic acids is 1. The molecule has 0 unspecified atom stereocenters. The Morgan fingerprint density at radius 2 is 1.95 bits per heavy atom. The van der Waals surface area contributed by atoms with E-state index in [1.807, 2.05) is 0 Å². The van der Waals surface area contributed by atoms with Crippen LogP contribution in [-0.4, -0.2) is 18.2 Å². The summed E-state index contributed by atoms with van der Waals surface area (Å²) < 4.78 is 23.8. The van der Waals surface area contributed by atoms with Crippen LogP contribution in [0.1, 0.15) is 10.4 Å². The highest BCUT2D eigenvalue weighted by Gasteiger charge is 2.23. The molecule has 0 radical (unpaired) electrons. The van der Waals surface area contributed by atoms with Crippen molar-refractivity contribution in [3.8, 4) is 17.1 Å². The average molecular weight is 321 g/mol. The van der Waals surface area contributed by atoms with E-state index in [1.165, 1.54) is 43.5 Å². The SMILES string of the molecule is COc1cc2c(C(=O)O)c(-c3ccc(F)cc3)oc2cc1Cl. The Balaban J connectivity index is 2.32. The van der Waals surface area contributed by atoms with Crippen LogP contribution in [0.2, 0.25) is 5.02 Å². The van der Waals surface area contributed by atoms with E-state index in [-0.39, 0.29) is 11.3 Å². The van der Waals surface area contributed by atoms with E-state index in [1.54, 1.807) is 0 Å². The maximum atomic E-state index is 13.0. The van der Waals surface area contributed by atoms with Crippen molar-refractivity contribution in [2.24, 2.45) is 0 Å². The maximum absolute atomic E-state index is 13.0. The number of hydrogen-bond donors (Lipinski definition) is 1. The summed E-state index contributed by atoms with van der Waals surface area (Å²) in [6.07, 6.45) is 0. The highest BCUT2D eigenvalue weighted by molar-refractivity contribution is 6.33. The van der Waals surface area contributed by atoms with E-state index >= 15 is 0 Å². The molecule has 1 heterocycles. The highest BCUT2D eigenvalue weighted by atomic mass is 35.5. The Hall–Kier alpha value is -2.53. The van der Waals surface area contributed by atoms with Crippen LogP contribution in [0, 0.1) is 5.82 Å². The lowest BCUT2D eigenvalue weighted by atomic mass is 10.1. The lowest BCUT2D eigenvalue weighted by Crippen LogP contribution is -1.97. The number of ether oxygens (including phenoxy) is 1. The summed E-state index contributed by atoms with van der Waals surface area (Å²) in [7, 11) is 1.44. The topological polar surface area (TPSA) is 59.7 Å². The number of carboxylic acids is 1. The summed E-state index contributed by atoms with van der Waals surface area (Å²) in [5.74, 6) is -1.07. The molecule has 3 rings (SSSR count). The fourth-order valence-corrected chi connectivity index (χ4v) is 2.50. The number of rotatable bonds is 3. The summed E-state index contributed by atoms with van der Waals surface area (Å²) in [6, 6.07) is 8.40. The van der Waals surface area contributed by atoms with Crippen LogP contribution in [0.5, 0.6) is 5.75 Å². The lowest BCUT2D eigenvalue weighted by Gasteiger charge is -2.02. The van der Waals surface area contributed by atoms with Crippen molar-refractivity contribution in [1.82, 2.24) is 0 Å². The van der Waals surface area contributed by atoms with Crippen LogP contribution in [-0.2, 0) is 0 Å². The molecule has 0 amide bonds. The largest absolute Gasteiger partial charge is 0.495 e. The molecule has 0 aliphatic carbocycles. The van der Waals surface area contributed by atoms with E-state index in [9.17, 15) is 14.3 Å². The predicted molar refractivity (Wildman–Crippen MR) is 80.1 cm³/mol. The quantitative estimate of drug-likeness (QED) is 0.766. The Kier molecular flexibility index (Phi) is 3.50. The van der Waals surface area contributed by atoms with Gasteiger partial charge in [-0.2, -0.15) is 0 Å². The first-order chi connectivity index (χ1) is 10.5. The van der Waals surface area contributed by atoms with E-state index < -0.39 is 11.8 Å². The third-order valence-corrected chi connectivity index (χ3v) is 3.58. The molecule has 4 nitrogen and oxygen atoms in total. The number of carbonyl (C=O) groups is 1. The predicted octanol–water partition coefficient (Wildman–Crippen LogP) is 4.60. The minimum Gasteiger partial charge on any atom is -0.495 e. The molecule has 0 saturated heterocycles. The van der Waals surface area contributed by atoms with Crippen LogP contribution < -0.4 is 4.74 Å². The minimum atomic E-state index is -1.15. The molecule has 3 aromatic rings. The molecule has 0 spiro atoms. The molecule has 1 aromatic heterocycles. The zero-order valence-corrected chi connectivity index (χ0v) is 12.1. The highest BCUT2D eigenvalue weighted by Crippen LogP contribution is 2.38. The van der Waals surface area contributed by atoms with Crippen molar-refractivity contribution in [1.29, 1.82) is 0 Å². The Bertz CT molecular complexity index is 868. The smallest absolute Gasteiger partial charge is 0.340 e. The Morgan fingerprint density at radius 1 is 1.27 bits per heavy atom. The third kappa shape index (κ3) is 2.29. The summed E-state index contributed by atoms with van der Waals surface area (Å²) >= 11 is 6.03. The fraction of sp³-hybridized carbons (Fsp3) is 0.0625. The van der Waals surface area contributed by atoms with Gasteiger partial charge in [-0.05, 0) is 30.3 Å². The summed E-state index contributed by atoms with van der Waals surface area (Å²) in [6.45, 7) is 0. The molecule has 0 atom stereocenters. The van der Waals surface area contributed by atoms with Crippen molar-refractivity contribution in [2.45, 2.75) is 0 Å². The average Bonchev–Trinajstić information content (AvgIpc) is 2.85. The van der Waals surface area contributed by atoms with Crippen LogP contribution in [0.4, 0.5) is 4.39 Å². The number of benzene rings is 2. The second kappa shape index (κ2) is 5.35. The van der Waals surface area contributed by atoms with E-state index in [0.29, 0.717) is 27.3 Å². The Labute approximate surface area is 129 Å². The zero-order valence-electron chi connectivity index (χ0n) is 11.4. The van der Waals surface area contributed by atoms with Gasteiger partial charge in [-0.15, -0.1) is 0 Å². The Morgan fingerprint density at radius 3 is 2.55 bits per heavy atom. The molecule has 0 aliphatic rings. The summed E-state index contributed by atoms with van der Waals surface area (Å²) in [5.41, 5.74) is 0.768. The second-order valence-electron chi connectivity index (χ2n) is 4.60. The van der Waals surface area contributed by atoms with Gasteiger partial charge in [0, 0.05) is 17.0 Å². The number of hydrogen-bond acceptors (Lipinski definition) is 3. The molecule has 1 N–H and O–H groups in total. The molecule has 0 fully saturated rings. The monoisotopic (exact) mass is 320 g/mol. The van der Waals surface area contributed by atoms with Gasteiger partial charge in [0.25, 0.3) is 0 Å². The molecule has 112 valence electrons. The van der Waals surface area contributed by atoms with Gasteiger partial charge in [0.2, 0.25) is 0 Å². The van der Waals surface area contributed by atoms with Gasteiger partial charge >= 0.3 is 5.97 Å². The first-order valence-electron chi connectivity index (χ1n) is 6.30. The van der Waals surface area contributed by atoms with Crippen LogP contribution in [0.15, 0.2) is 40.8 Å². The molecule has 0 bridgehead atoms. The van der Waals surface area contributed by atoms with Gasteiger partial charge in [0.05, 0.1) is 12.1 Å². The van der Waals surface area contributed by atoms with Crippen LogP contribution in [0.3, 0.4) is 0 Å². The maximum Gasteiger partial charge on any atom is 0.340 e. The van der Waals surface area contributed by atoms with Crippen LogP contribution >= 0.6 is 11.6 Å². The molecule has 6 heteroatoms. The van der Waals surface area contributed by atoms with Crippen molar-refractivity contribution in [2.75, 3.05) is 7.11 Å². The lowest BCUT2D eigenvalue weighted by molar-refractivity contribution is 0.0699. The fourth-order valence-electron chi connectivity index (χ4n) is 2.27. The van der Waals surface area contributed by atoms with Gasteiger partial charge in [0.15, 0.2) is 0 Å². The molecular formula is C16H10ClFO4. The van der Waals surface area contributed by atoms with Gasteiger partial charge in [-0.1, -0.05) is 11.6 Å². The van der Waals surface area contributed by atoms with E-state index in [2.05, 4.69) is 0 Å². The molecule has 22 heavy (non-hydrogen) atoms. The van der Waals surface area contributed by atoms with Gasteiger partial charge in [-0.25, -0.2) is 9.18 Å². The molecule has 0 saturated carbocycles. The van der Waals surface area contributed by atoms with E-state index in [0.717, 1.165) is 0 Å². The minimum absolute atomic E-state index is 0.0171. The molecule has 0 aliphatic heterocycles. The number of carboxylic acid groups (broad SMARTS) is 1. The summed E-state index contributed by atoms with van der Waals surface area (Å²) in [5, 5.41) is 10.2. The first kappa shape index (κ1) is 14.4. The van der Waals surface area contributed by atoms with Gasteiger partial charge in [-0.3, -0.25) is 0 Å². The van der Waals surface area contributed by atoms with Crippen molar-refractivity contribution in [3.63, 3.8) is 0 Å². The van der Waals surface area contributed by atoms with Gasteiger partial charge in [0.1, 0.15) is 28.5 Å². The second-order valence-corrected chi connectivity index (χ2v) is 5.01. The van der Waals surface area contributed by atoms with Crippen molar-refractivity contribution >= 4 is 28.5 Å². The normalized spacial score (nSPS) is 10.9. The number of halogens is 2. The third-order valence-electron chi connectivity index (χ3n) is 3.28. The first-order valence-corrected chi connectivity index (χ1v) is 6.68. The van der Waals surface area contributed by atoms with Crippen molar-refractivity contribution in [3.05, 3.63) is 52.8 Å². The van der Waals surface area contributed by atoms with Gasteiger partial charge < -0.3 is 14.3 Å². The standard InChI is InChI=1S/C16H10ClFO4/c1-21-13-6-10-12(7-11(13)17)22-15(14(10)16(19)20)8-2-4-9(18)5-3-8/h2-7H,1H3,(H,19,20).